The molecule has 1 aliphatic carbocycles. The van der Waals surface area contributed by atoms with E-state index in [1.807, 2.05) is 24.0 Å². The van der Waals surface area contributed by atoms with Crippen LogP contribution in [0.1, 0.15) is 18.7 Å². The van der Waals surface area contributed by atoms with Crippen molar-refractivity contribution >= 4 is 17.2 Å². The quantitative estimate of drug-likeness (QED) is 0.609. The number of hydrogen-bond acceptors (Lipinski definition) is 1. The Morgan fingerprint density at radius 2 is 2.50 bits per heavy atom. The zero-order valence-corrected chi connectivity index (χ0v) is 7.75. The molecule has 2 rings (SSSR count). The number of allylic oxidation sites excluding steroid dienone is 2. The van der Waals surface area contributed by atoms with Crippen molar-refractivity contribution in [1.82, 2.24) is 9.55 Å². The number of alkyl halides is 1. The molecule has 0 bridgehead atoms. The number of hydrogen-bond donors (Lipinski definition) is 0. The van der Waals surface area contributed by atoms with Crippen LogP contribution in [0.3, 0.4) is 0 Å². The fraction of sp³-hybridized carbons (Fsp3) is 0.444. The minimum Gasteiger partial charge on any atom is -0.334 e. The maximum absolute atomic E-state index is 5.96. The average Bonchev–Trinajstić information content (AvgIpc) is 2.58. The highest BCUT2D eigenvalue weighted by atomic mass is 35.5. The van der Waals surface area contributed by atoms with Gasteiger partial charge in [-0.2, -0.15) is 0 Å². The summed E-state index contributed by atoms with van der Waals surface area (Å²) in [7, 11) is 2.00. The van der Waals surface area contributed by atoms with Gasteiger partial charge in [0.1, 0.15) is 5.82 Å². The highest BCUT2D eigenvalue weighted by Gasteiger charge is 2.16. The second-order valence-electron chi connectivity index (χ2n) is 3.11. The lowest BCUT2D eigenvalue weighted by Crippen LogP contribution is -1.94. The van der Waals surface area contributed by atoms with Crippen molar-refractivity contribution < 1.29 is 0 Å². The maximum atomic E-state index is 5.96. The fourth-order valence-corrected chi connectivity index (χ4v) is 1.80. The monoisotopic (exact) mass is 182 g/mol. The number of rotatable bonds is 1. The van der Waals surface area contributed by atoms with E-state index < -0.39 is 0 Å². The first-order valence-corrected chi connectivity index (χ1v) is 4.53. The minimum absolute atomic E-state index is 0.205. The van der Waals surface area contributed by atoms with Gasteiger partial charge in [-0.25, -0.2) is 4.98 Å². The third-order valence-electron chi connectivity index (χ3n) is 2.18. The van der Waals surface area contributed by atoms with Crippen molar-refractivity contribution in [2.75, 3.05) is 0 Å². The van der Waals surface area contributed by atoms with E-state index in [0.29, 0.717) is 0 Å². The number of aromatic nitrogens is 2. The van der Waals surface area contributed by atoms with E-state index in [1.165, 1.54) is 5.57 Å². The van der Waals surface area contributed by atoms with Crippen LogP contribution in [-0.4, -0.2) is 14.9 Å². The average molecular weight is 183 g/mol. The van der Waals surface area contributed by atoms with Gasteiger partial charge in [-0.15, -0.1) is 11.6 Å². The Bertz CT molecular complexity index is 314. The van der Waals surface area contributed by atoms with Crippen LogP contribution in [-0.2, 0) is 7.05 Å². The standard InChI is InChI=1S/C9H11ClN2/c1-12-5-4-11-9(12)7-2-3-8(10)6-7/h4-6,8H,2-3H2,1H3. The van der Waals surface area contributed by atoms with E-state index in [0.717, 1.165) is 18.7 Å². The number of imidazole rings is 1. The molecule has 1 aromatic rings. The molecular formula is C9H11ClN2. The van der Waals surface area contributed by atoms with Gasteiger partial charge in [-0.05, 0) is 18.4 Å². The Morgan fingerprint density at radius 1 is 1.67 bits per heavy atom. The Kier molecular flexibility index (Phi) is 1.93. The van der Waals surface area contributed by atoms with Gasteiger partial charge in [-0.3, -0.25) is 0 Å². The van der Waals surface area contributed by atoms with Crippen molar-refractivity contribution in [3.8, 4) is 0 Å². The van der Waals surface area contributed by atoms with Crippen LogP contribution in [0.5, 0.6) is 0 Å². The van der Waals surface area contributed by atoms with Crippen molar-refractivity contribution in [3.63, 3.8) is 0 Å². The van der Waals surface area contributed by atoms with Gasteiger partial charge in [0, 0.05) is 19.4 Å². The van der Waals surface area contributed by atoms with Crippen LogP contribution in [0.4, 0.5) is 0 Å². The summed E-state index contributed by atoms with van der Waals surface area (Å²) in [6, 6.07) is 0. The summed E-state index contributed by atoms with van der Waals surface area (Å²) in [4.78, 5) is 4.27. The summed E-state index contributed by atoms with van der Waals surface area (Å²) in [5.74, 6) is 1.05. The SMILES string of the molecule is Cn1ccnc1C1=CC(Cl)CC1. The predicted octanol–water partition coefficient (Wildman–Crippen LogP) is 2.20. The summed E-state index contributed by atoms with van der Waals surface area (Å²) >= 11 is 5.96. The number of halogens is 1. The second kappa shape index (κ2) is 2.94. The molecule has 64 valence electrons. The minimum atomic E-state index is 0.205. The first-order chi connectivity index (χ1) is 5.77. The summed E-state index contributed by atoms with van der Waals surface area (Å²) in [5.41, 5.74) is 1.28. The smallest absolute Gasteiger partial charge is 0.135 e. The molecule has 0 amide bonds. The maximum Gasteiger partial charge on any atom is 0.135 e. The van der Waals surface area contributed by atoms with E-state index in [2.05, 4.69) is 11.1 Å². The van der Waals surface area contributed by atoms with Gasteiger partial charge in [0.05, 0.1) is 5.38 Å². The normalized spacial score (nSPS) is 22.8. The summed E-state index contributed by atoms with van der Waals surface area (Å²) in [6.45, 7) is 0. The highest BCUT2D eigenvalue weighted by molar-refractivity contribution is 6.22. The Labute approximate surface area is 76.9 Å². The molecule has 3 heteroatoms. The van der Waals surface area contributed by atoms with Crippen LogP contribution in [0.2, 0.25) is 0 Å². The van der Waals surface area contributed by atoms with Gasteiger partial charge in [0.25, 0.3) is 0 Å². The first-order valence-electron chi connectivity index (χ1n) is 4.10. The van der Waals surface area contributed by atoms with Crippen molar-refractivity contribution in [3.05, 3.63) is 24.3 Å². The predicted molar refractivity (Wildman–Crippen MR) is 50.1 cm³/mol. The molecule has 0 radical (unpaired) electrons. The zero-order valence-electron chi connectivity index (χ0n) is 7.00. The largest absolute Gasteiger partial charge is 0.334 e. The van der Waals surface area contributed by atoms with Gasteiger partial charge in [0.15, 0.2) is 0 Å². The molecule has 0 N–H and O–H groups in total. The molecule has 0 saturated heterocycles. The molecule has 1 aromatic heterocycles. The molecule has 2 nitrogen and oxygen atoms in total. The third-order valence-corrected chi connectivity index (χ3v) is 2.52. The molecule has 0 spiro atoms. The van der Waals surface area contributed by atoms with Crippen LogP contribution in [0, 0.1) is 0 Å². The van der Waals surface area contributed by atoms with E-state index in [-0.39, 0.29) is 5.38 Å². The van der Waals surface area contributed by atoms with Gasteiger partial charge < -0.3 is 4.57 Å². The Hall–Kier alpha value is -0.760. The van der Waals surface area contributed by atoms with Crippen molar-refractivity contribution in [1.29, 1.82) is 0 Å². The molecule has 0 aromatic carbocycles. The van der Waals surface area contributed by atoms with Gasteiger partial charge in [-0.1, -0.05) is 6.08 Å². The summed E-state index contributed by atoms with van der Waals surface area (Å²) in [6.07, 6.45) is 7.97. The molecular weight excluding hydrogens is 172 g/mol. The fourth-order valence-electron chi connectivity index (χ4n) is 1.54. The van der Waals surface area contributed by atoms with Crippen molar-refractivity contribution in [2.45, 2.75) is 18.2 Å². The molecule has 1 aliphatic rings. The third kappa shape index (κ3) is 1.27. The Balaban J connectivity index is 2.32. The van der Waals surface area contributed by atoms with Crippen molar-refractivity contribution in [2.24, 2.45) is 7.05 Å². The zero-order chi connectivity index (χ0) is 8.55. The van der Waals surface area contributed by atoms with Crippen LogP contribution in [0.25, 0.3) is 5.57 Å². The Morgan fingerprint density at radius 3 is 3.00 bits per heavy atom. The van der Waals surface area contributed by atoms with E-state index >= 15 is 0 Å². The molecule has 0 saturated carbocycles. The number of nitrogens with zero attached hydrogens (tertiary/aromatic N) is 2. The lowest BCUT2D eigenvalue weighted by Gasteiger charge is -2.00. The van der Waals surface area contributed by atoms with E-state index in [4.69, 9.17) is 11.6 Å². The molecule has 1 unspecified atom stereocenters. The molecule has 1 heterocycles. The lowest BCUT2D eigenvalue weighted by atomic mass is 10.2. The first kappa shape index (κ1) is 7.87. The molecule has 12 heavy (non-hydrogen) atoms. The summed E-state index contributed by atoms with van der Waals surface area (Å²) in [5, 5.41) is 0.205. The topological polar surface area (TPSA) is 17.8 Å². The molecule has 0 fully saturated rings. The highest BCUT2D eigenvalue weighted by Crippen LogP contribution is 2.29. The van der Waals surface area contributed by atoms with Gasteiger partial charge >= 0.3 is 0 Å². The molecule has 1 atom stereocenters. The van der Waals surface area contributed by atoms with Crippen LogP contribution < -0.4 is 0 Å². The van der Waals surface area contributed by atoms with Crippen LogP contribution >= 0.6 is 11.6 Å². The lowest BCUT2D eigenvalue weighted by molar-refractivity contribution is 0.871. The number of aryl methyl sites for hydroxylation is 1. The summed E-state index contributed by atoms with van der Waals surface area (Å²) < 4.78 is 2.03. The molecule has 0 aliphatic heterocycles. The van der Waals surface area contributed by atoms with Gasteiger partial charge in [0.2, 0.25) is 0 Å². The second-order valence-corrected chi connectivity index (χ2v) is 3.67. The van der Waals surface area contributed by atoms with E-state index in [9.17, 15) is 0 Å². The van der Waals surface area contributed by atoms with E-state index in [1.54, 1.807) is 0 Å². The van der Waals surface area contributed by atoms with Crippen LogP contribution in [0.15, 0.2) is 18.5 Å².